The first-order valence-electron chi connectivity index (χ1n) is 9.50. The third-order valence-corrected chi connectivity index (χ3v) is 6.42. The number of benzene rings is 1. The molecule has 1 aliphatic rings. The van der Waals surface area contributed by atoms with Crippen molar-refractivity contribution in [3.8, 4) is 11.5 Å². The maximum atomic E-state index is 13.3. The van der Waals surface area contributed by atoms with Gasteiger partial charge in [-0.05, 0) is 25.0 Å². The van der Waals surface area contributed by atoms with Crippen LogP contribution < -0.4 is 14.2 Å². The standard InChI is InChI=1S/C20H29N3O4S/c1-20(2,3)19-18(13-23(21-19)14-8-6-7-9-14)28(24,25)22-16-11-10-15(26-4)12-17(16)27-5/h10-14,22H,6-9H2,1-5H3. The Kier molecular flexibility index (Phi) is 5.61. The van der Waals surface area contributed by atoms with Crippen LogP contribution in [0.1, 0.15) is 58.2 Å². The molecule has 1 heterocycles. The summed E-state index contributed by atoms with van der Waals surface area (Å²) in [5.41, 5.74) is 0.522. The van der Waals surface area contributed by atoms with E-state index in [4.69, 9.17) is 9.47 Å². The highest BCUT2D eigenvalue weighted by molar-refractivity contribution is 7.92. The van der Waals surface area contributed by atoms with Gasteiger partial charge in [0.05, 0.1) is 31.6 Å². The van der Waals surface area contributed by atoms with Crippen LogP contribution in [0.4, 0.5) is 5.69 Å². The molecule has 1 saturated carbocycles. The number of hydrogen-bond donors (Lipinski definition) is 1. The van der Waals surface area contributed by atoms with Gasteiger partial charge >= 0.3 is 0 Å². The van der Waals surface area contributed by atoms with E-state index >= 15 is 0 Å². The monoisotopic (exact) mass is 407 g/mol. The number of nitrogens with zero attached hydrogens (tertiary/aromatic N) is 2. The molecule has 154 valence electrons. The number of nitrogens with one attached hydrogen (secondary N) is 1. The summed E-state index contributed by atoms with van der Waals surface area (Å²) in [7, 11) is -0.804. The van der Waals surface area contributed by atoms with E-state index in [1.807, 2.05) is 25.5 Å². The molecule has 0 spiro atoms. The highest BCUT2D eigenvalue weighted by Crippen LogP contribution is 2.36. The predicted octanol–water partition coefficient (Wildman–Crippen LogP) is 4.11. The third-order valence-electron chi connectivity index (χ3n) is 5.05. The Bertz CT molecular complexity index is 939. The Labute approximate surface area is 167 Å². The minimum absolute atomic E-state index is 0.213. The Hall–Kier alpha value is -2.22. The number of aromatic nitrogens is 2. The van der Waals surface area contributed by atoms with Gasteiger partial charge < -0.3 is 9.47 Å². The summed E-state index contributed by atoms with van der Waals surface area (Å²) in [5, 5.41) is 4.69. The van der Waals surface area contributed by atoms with Crippen molar-refractivity contribution >= 4 is 15.7 Å². The van der Waals surface area contributed by atoms with Crippen LogP contribution in [0.25, 0.3) is 0 Å². The molecule has 0 radical (unpaired) electrons. The summed E-state index contributed by atoms with van der Waals surface area (Å²) >= 11 is 0. The number of hydrogen-bond acceptors (Lipinski definition) is 5. The lowest BCUT2D eigenvalue weighted by Crippen LogP contribution is -2.20. The minimum atomic E-state index is -3.84. The van der Waals surface area contributed by atoms with Crippen LogP contribution in [-0.4, -0.2) is 32.4 Å². The Morgan fingerprint density at radius 2 is 1.82 bits per heavy atom. The number of sulfonamides is 1. The molecule has 1 N–H and O–H groups in total. The van der Waals surface area contributed by atoms with Crippen LogP contribution in [0, 0.1) is 0 Å². The highest BCUT2D eigenvalue weighted by Gasteiger charge is 2.32. The van der Waals surface area contributed by atoms with Gasteiger partial charge in [0.2, 0.25) is 0 Å². The van der Waals surface area contributed by atoms with Crippen molar-refractivity contribution in [2.24, 2.45) is 0 Å². The summed E-state index contributed by atoms with van der Waals surface area (Å²) in [4.78, 5) is 0.213. The van der Waals surface area contributed by atoms with Gasteiger partial charge in [-0.1, -0.05) is 33.6 Å². The second kappa shape index (κ2) is 7.66. The van der Waals surface area contributed by atoms with Crippen molar-refractivity contribution in [2.75, 3.05) is 18.9 Å². The maximum absolute atomic E-state index is 13.3. The Morgan fingerprint density at radius 1 is 1.14 bits per heavy atom. The number of methoxy groups -OCH3 is 2. The van der Waals surface area contributed by atoms with Crippen LogP contribution in [0.3, 0.4) is 0 Å². The lowest BCUT2D eigenvalue weighted by molar-refractivity contribution is 0.395. The van der Waals surface area contributed by atoms with Gasteiger partial charge in [-0.3, -0.25) is 9.40 Å². The van der Waals surface area contributed by atoms with Gasteiger partial charge in [0.1, 0.15) is 16.4 Å². The zero-order valence-corrected chi connectivity index (χ0v) is 18.0. The molecule has 0 amide bonds. The van der Waals surface area contributed by atoms with E-state index in [0.29, 0.717) is 22.9 Å². The number of rotatable bonds is 6. The lowest BCUT2D eigenvalue weighted by atomic mass is 9.92. The van der Waals surface area contributed by atoms with Crippen molar-refractivity contribution in [3.05, 3.63) is 30.1 Å². The summed E-state index contributed by atoms with van der Waals surface area (Å²) < 4.78 is 41.5. The maximum Gasteiger partial charge on any atom is 0.265 e. The van der Waals surface area contributed by atoms with Crippen LogP contribution in [0.2, 0.25) is 0 Å². The first kappa shape index (κ1) is 20.5. The quantitative estimate of drug-likeness (QED) is 0.779. The van der Waals surface area contributed by atoms with Crippen molar-refractivity contribution < 1.29 is 17.9 Å². The summed E-state index contributed by atoms with van der Waals surface area (Å²) in [6.45, 7) is 5.92. The molecule has 2 aromatic rings. The minimum Gasteiger partial charge on any atom is -0.497 e. The van der Waals surface area contributed by atoms with Gasteiger partial charge in [-0.15, -0.1) is 0 Å². The molecule has 0 unspecified atom stereocenters. The van der Waals surface area contributed by atoms with E-state index in [2.05, 4.69) is 9.82 Å². The molecule has 0 bridgehead atoms. The van der Waals surface area contributed by atoms with Crippen LogP contribution >= 0.6 is 0 Å². The first-order chi connectivity index (χ1) is 13.2. The fourth-order valence-electron chi connectivity index (χ4n) is 3.53. The van der Waals surface area contributed by atoms with Gasteiger partial charge in [0.25, 0.3) is 10.0 Å². The van der Waals surface area contributed by atoms with Crippen LogP contribution in [0.5, 0.6) is 11.5 Å². The molecule has 0 aliphatic heterocycles. The van der Waals surface area contributed by atoms with Crippen LogP contribution in [0.15, 0.2) is 29.3 Å². The molecule has 0 atom stereocenters. The second-order valence-corrected chi connectivity index (χ2v) is 9.83. The van der Waals surface area contributed by atoms with Gasteiger partial charge in [-0.2, -0.15) is 5.10 Å². The van der Waals surface area contributed by atoms with E-state index in [1.165, 1.54) is 7.11 Å². The average molecular weight is 408 g/mol. The smallest absolute Gasteiger partial charge is 0.265 e. The number of anilines is 1. The van der Waals surface area contributed by atoms with Gasteiger partial charge in [0.15, 0.2) is 0 Å². The fraction of sp³-hybridized carbons (Fsp3) is 0.550. The van der Waals surface area contributed by atoms with Crippen molar-refractivity contribution in [2.45, 2.75) is 62.8 Å². The van der Waals surface area contributed by atoms with Crippen molar-refractivity contribution in [1.29, 1.82) is 0 Å². The molecule has 0 saturated heterocycles. The highest BCUT2D eigenvalue weighted by atomic mass is 32.2. The molecule has 28 heavy (non-hydrogen) atoms. The topological polar surface area (TPSA) is 82.5 Å². The predicted molar refractivity (Wildman–Crippen MR) is 109 cm³/mol. The van der Waals surface area contributed by atoms with Crippen molar-refractivity contribution in [1.82, 2.24) is 9.78 Å². The third kappa shape index (κ3) is 4.11. The van der Waals surface area contributed by atoms with Crippen LogP contribution in [-0.2, 0) is 15.4 Å². The molecule has 1 aromatic carbocycles. The zero-order valence-electron chi connectivity index (χ0n) is 17.2. The number of ether oxygens (including phenoxy) is 2. The first-order valence-corrected chi connectivity index (χ1v) is 11.0. The van der Waals surface area contributed by atoms with Crippen molar-refractivity contribution in [3.63, 3.8) is 0 Å². The molecule has 7 nitrogen and oxygen atoms in total. The van der Waals surface area contributed by atoms with E-state index in [9.17, 15) is 8.42 Å². The summed E-state index contributed by atoms with van der Waals surface area (Å²) in [5.74, 6) is 0.979. The summed E-state index contributed by atoms with van der Waals surface area (Å²) in [6.07, 6.45) is 6.04. The normalized spacial score (nSPS) is 15.6. The fourth-order valence-corrected chi connectivity index (χ4v) is 4.95. The SMILES string of the molecule is COc1ccc(NS(=O)(=O)c2cn(C3CCCC3)nc2C(C)(C)C)c(OC)c1. The molecule has 1 aromatic heterocycles. The molecule has 1 fully saturated rings. The Morgan fingerprint density at radius 3 is 2.39 bits per heavy atom. The van der Waals surface area contributed by atoms with E-state index in [-0.39, 0.29) is 10.9 Å². The summed E-state index contributed by atoms with van der Waals surface area (Å²) in [6, 6.07) is 5.23. The van der Waals surface area contributed by atoms with E-state index < -0.39 is 15.4 Å². The van der Waals surface area contributed by atoms with Gasteiger partial charge in [-0.25, -0.2) is 8.42 Å². The molecular weight excluding hydrogens is 378 g/mol. The zero-order chi connectivity index (χ0) is 20.5. The van der Waals surface area contributed by atoms with E-state index in [0.717, 1.165) is 25.7 Å². The second-order valence-electron chi connectivity index (χ2n) is 8.18. The molecular formula is C20H29N3O4S. The van der Waals surface area contributed by atoms with Gasteiger partial charge in [0, 0.05) is 17.7 Å². The Balaban J connectivity index is 2.01. The largest absolute Gasteiger partial charge is 0.497 e. The van der Waals surface area contributed by atoms with E-state index in [1.54, 1.807) is 31.5 Å². The molecule has 3 rings (SSSR count). The molecule has 1 aliphatic carbocycles. The molecule has 8 heteroatoms. The lowest BCUT2D eigenvalue weighted by Gasteiger charge is -2.18. The average Bonchev–Trinajstić information content (AvgIpc) is 3.31.